The van der Waals surface area contributed by atoms with Crippen LogP contribution in [0.2, 0.25) is 0 Å². The second-order valence-corrected chi connectivity index (χ2v) is 6.81. The fraction of sp³-hybridized carbons (Fsp3) is 0.750. The zero-order valence-corrected chi connectivity index (χ0v) is 13.1. The largest absolute Gasteiger partial charge is 0.363 e. The molecule has 1 aliphatic carbocycles. The van der Waals surface area contributed by atoms with Crippen LogP contribution in [0.25, 0.3) is 0 Å². The zero-order valence-electron chi connectivity index (χ0n) is 13.1. The third kappa shape index (κ3) is 3.64. The third-order valence-corrected chi connectivity index (χ3v) is 4.41. The Morgan fingerprint density at radius 2 is 2.00 bits per heavy atom. The number of aromatic nitrogens is 2. The molecule has 5 nitrogen and oxygen atoms in total. The molecule has 1 saturated heterocycles. The van der Waals surface area contributed by atoms with Gasteiger partial charge in [0.25, 0.3) is 5.56 Å². The molecule has 0 unspecified atom stereocenters. The van der Waals surface area contributed by atoms with Crippen molar-refractivity contribution in [1.82, 2.24) is 14.5 Å². The quantitative estimate of drug-likeness (QED) is 0.900. The second kappa shape index (κ2) is 6.18. The number of nitrogens with one attached hydrogen (secondary N) is 1. The second-order valence-electron chi connectivity index (χ2n) is 6.81. The summed E-state index contributed by atoms with van der Waals surface area (Å²) in [6.45, 7) is 7.28. The number of hydrogen-bond acceptors (Lipinski definition) is 4. The Kier molecular flexibility index (Phi) is 4.29. The van der Waals surface area contributed by atoms with Crippen molar-refractivity contribution in [3.63, 3.8) is 0 Å². The maximum atomic E-state index is 12.4. The summed E-state index contributed by atoms with van der Waals surface area (Å²) in [5, 5.41) is 3.37. The molecule has 116 valence electrons. The van der Waals surface area contributed by atoms with Gasteiger partial charge in [0.15, 0.2) is 5.82 Å². The van der Waals surface area contributed by atoms with Crippen LogP contribution in [0.3, 0.4) is 0 Å². The molecule has 2 heterocycles. The molecule has 0 radical (unpaired) electrons. The van der Waals surface area contributed by atoms with E-state index in [1.54, 1.807) is 17.0 Å². The molecule has 1 saturated carbocycles. The summed E-state index contributed by atoms with van der Waals surface area (Å²) < 4.78 is 1.76. The normalized spacial score (nSPS) is 20.9. The van der Waals surface area contributed by atoms with Crippen LogP contribution in [0.15, 0.2) is 17.2 Å². The Hall–Kier alpha value is -1.36. The molecule has 3 rings (SSSR count). The van der Waals surface area contributed by atoms with Gasteiger partial charge in [0.05, 0.1) is 0 Å². The fourth-order valence-corrected chi connectivity index (χ4v) is 3.13. The van der Waals surface area contributed by atoms with E-state index in [0.29, 0.717) is 17.8 Å². The van der Waals surface area contributed by atoms with Gasteiger partial charge in [-0.25, -0.2) is 4.98 Å². The Labute approximate surface area is 126 Å². The highest BCUT2D eigenvalue weighted by Gasteiger charge is 2.31. The van der Waals surface area contributed by atoms with E-state index in [1.807, 2.05) is 0 Å². The van der Waals surface area contributed by atoms with Crippen molar-refractivity contribution in [2.75, 3.05) is 18.4 Å². The van der Waals surface area contributed by atoms with E-state index >= 15 is 0 Å². The van der Waals surface area contributed by atoms with Gasteiger partial charge in [0, 0.05) is 44.1 Å². The van der Waals surface area contributed by atoms with Gasteiger partial charge in [-0.1, -0.05) is 13.8 Å². The minimum Gasteiger partial charge on any atom is -0.363 e. The Bertz CT molecular complexity index is 527. The minimum atomic E-state index is 0.0100. The zero-order chi connectivity index (χ0) is 14.8. The van der Waals surface area contributed by atoms with Crippen LogP contribution in [0.1, 0.15) is 39.5 Å². The van der Waals surface area contributed by atoms with Gasteiger partial charge >= 0.3 is 0 Å². The first-order chi connectivity index (χ1) is 10.1. The minimum absolute atomic E-state index is 0.0100. The molecule has 1 aromatic rings. The molecular formula is C16H26N4O. The molecule has 21 heavy (non-hydrogen) atoms. The molecule has 2 fully saturated rings. The lowest BCUT2D eigenvalue weighted by atomic mass is 10.1. The summed E-state index contributed by atoms with van der Waals surface area (Å²) in [5.41, 5.74) is 0.0100. The van der Waals surface area contributed by atoms with Crippen molar-refractivity contribution >= 4 is 5.82 Å². The Morgan fingerprint density at radius 1 is 1.29 bits per heavy atom. The molecule has 0 bridgehead atoms. The monoisotopic (exact) mass is 290 g/mol. The lowest BCUT2D eigenvalue weighted by Gasteiger charge is -2.32. The average molecular weight is 290 g/mol. The first-order valence-electron chi connectivity index (χ1n) is 8.19. The third-order valence-electron chi connectivity index (χ3n) is 4.41. The Balaban J connectivity index is 1.61. The molecule has 0 atom stereocenters. The highest BCUT2D eigenvalue weighted by atomic mass is 16.1. The maximum absolute atomic E-state index is 12.4. The topological polar surface area (TPSA) is 50.2 Å². The number of piperidine rings is 1. The number of likely N-dealkylation sites (tertiary alicyclic amines) is 1. The van der Waals surface area contributed by atoms with Crippen molar-refractivity contribution in [3.8, 4) is 0 Å². The standard InChI is InChI=1S/C16H26N4O/c1-12(2)11-20-10-7-17-15(16(20)21)18-13-5-8-19(9-6-13)14-3-4-14/h7,10,12-14H,3-6,8-9,11H2,1-2H3,(H,17,18). The first kappa shape index (κ1) is 14.6. The van der Waals surface area contributed by atoms with Crippen LogP contribution < -0.4 is 10.9 Å². The SMILES string of the molecule is CC(C)Cn1ccnc(NC2CCN(C3CC3)CC2)c1=O. The van der Waals surface area contributed by atoms with Crippen molar-refractivity contribution in [3.05, 3.63) is 22.7 Å². The van der Waals surface area contributed by atoms with Gasteiger partial charge in [-0.15, -0.1) is 0 Å². The number of rotatable bonds is 5. The molecule has 0 aromatic carbocycles. The average Bonchev–Trinajstić information content (AvgIpc) is 3.28. The first-order valence-corrected chi connectivity index (χ1v) is 8.19. The molecule has 1 aromatic heterocycles. The van der Waals surface area contributed by atoms with Crippen LogP contribution in [0, 0.1) is 5.92 Å². The summed E-state index contributed by atoms with van der Waals surface area (Å²) in [6.07, 6.45) is 8.47. The molecule has 1 N–H and O–H groups in total. The van der Waals surface area contributed by atoms with Gasteiger partial charge in [-0.2, -0.15) is 0 Å². The van der Waals surface area contributed by atoms with E-state index in [-0.39, 0.29) is 5.56 Å². The maximum Gasteiger partial charge on any atom is 0.293 e. The predicted molar refractivity (Wildman–Crippen MR) is 84.6 cm³/mol. The van der Waals surface area contributed by atoms with E-state index in [9.17, 15) is 4.79 Å². The van der Waals surface area contributed by atoms with Crippen molar-refractivity contribution in [2.45, 2.75) is 58.2 Å². The van der Waals surface area contributed by atoms with E-state index in [2.05, 4.69) is 29.0 Å². The molecule has 1 aliphatic heterocycles. The number of hydrogen-bond donors (Lipinski definition) is 1. The van der Waals surface area contributed by atoms with Gasteiger partial charge in [0.2, 0.25) is 0 Å². The molecule has 2 aliphatic rings. The van der Waals surface area contributed by atoms with Crippen molar-refractivity contribution in [1.29, 1.82) is 0 Å². The van der Waals surface area contributed by atoms with Crippen LogP contribution in [0.4, 0.5) is 5.82 Å². The number of nitrogens with zero attached hydrogens (tertiary/aromatic N) is 3. The van der Waals surface area contributed by atoms with Gasteiger partial charge in [-0.3, -0.25) is 4.79 Å². The summed E-state index contributed by atoms with van der Waals surface area (Å²) >= 11 is 0. The van der Waals surface area contributed by atoms with Gasteiger partial charge < -0.3 is 14.8 Å². The Morgan fingerprint density at radius 3 is 2.62 bits per heavy atom. The lowest BCUT2D eigenvalue weighted by molar-refractivity contribution is 0.210. The fourth-order valence-electron chi connectivity index (χ4n) is 3.13. The summed E-state index contributed by atoms with van der Waals surface area (Å²) in [5.74, 6) is 0.975. The van der Waals surface area contributed by atoms with E-state index < -0.39 is 0 Å². The van der Waals surface area contributed by atoms with Gasteiger partial charge in [0.1, 0.15) is 0 Å². The molecule has 0 spiro atoms. The highest BCUT2D eigenvalue weighted by molar-refractivity contribution is 5.32. The summed E-state index contributed by atoms with van der Waals surface area (Å²) in [6, 6.07) is 1.24. The van der Waals surface area contributed by atoms with E-state index in [4.69, 9.17) is 0 Å². The molecular weight excluding hydrogens is 264 g/mol. The predicted octanol–water partition coefficient (Wildman–Crippen LogP) is 1.94. The van der Waals surface area contributed by atoms with Gasteiger partial charge in [-0.05, 0) is 31.6 Å². The van der Waals surface area contributed by atoms with Crippen molar-refractivity contribution in [2.24, 2.45) is 5.92 Å². The van der Waals surface area contributed by atoms with Crippen LogP contribution in [0.5, 0.6) is 0 Å². The number of anilines is 1. The molecule has 0 amide bonds. The van der Waals surface area contributed by atoms with Crippen molar-refractivity contribution < 1.29 is 0 Å². The van der Waals surface area contributed by atoms with Crippen LogP contribution in [-0.4, -0.2) is 39.6 Å². The lowest BCUT2D eigenvalue weighted by Crippen LogP contribution is -2.41. The smallest absolute Gasteiger partial charge is 0.293 e. The van der Waals surface area contributed by atoms with Crippen LogP contribution >= 0.6 is 0 Å². The van der Waals surface area contributed by atoms with Crippen LogP contribution in [-0.2, 0) is 6.54 Å². The van der Waals surface area contributed by atoms with E-state index in [1.165, 1.54) is 12.8 Å². The molecule has 5 heteroatoms. The summed E-state index contributed by atoms with van der Waals surface area (Å²) in [7, 11) is 0. The van der Waals surface area contributed by atoms with E-state index in [0.717, 1.165) is 38.5 Å². The summed E-state index contributed by atoms with van der Waals surface area (Å²) in [4.78, 5) is 19.2. The highest BCUT2D eigenvalue weighted by Crippen LogP contribution is 2.29.